The van der Waals surface area contributed by atoms with E-state index in [4.69, 9.17) is 5.26 Å². The molecule has 0 aromatic heterocycles. The molecule has 0 aliphatic rings. The van der Waals surface area contributed by atoms with Crippen LogP contribution in [0.3, 0.4) is 0 Å². The zero-order valence-electron chi connectivity index (χ0n) is 8.14. The number of nitrogens with zero attached hydrogens (tertiary/aromatic N) is 1. The van der Waals surface area contributed by atoms with Crippen LogP contribution in [0.5, 0.6) is 0 Å². The molecule has 0 N–H and O–H groups in total. The molecule has 12 heavy (non-hydrogen) atoms. The van der Waals surface area contributed by atoms with Crippen molar-refractivity contribution in [3.05, 3.63) is 11.1 Å². The number of allylic oxidation sites excluding steroid dienone is 2. The zero-order valence-corrected chi connectivity index (χ0v) is 8.14. The molecular weight excluding hydrogens is 150 g/mol. The molecular formula is C10H15NO. The maximum Gasteiger partial charge on any atom is 0.173 e. The lowest BCUT2D eigenvalue weighted by atomic mass is 9.99. The number of Topliss-reactive ketones (excluding diaryl/α,β-unsaturated/α-hetero) is 1. The Morgan fingerprint density at radius 2 is 1.92 bits per heavy atom. The minimum atomic E-state index is -0.0347. The van der Waals surface area contributed by atoms with Crippen LogP contribution >= 0.6 is 0 Å². The first-order valence-electron chi connectivity index (χ1n) is 4.09. The van der Waals surface area contributed by atoms with E-state index in [2.05, 4.69) is 0 Å². The number of hydrogen-bond acceptors (Lipinski definition) is 2. The summed E-state index contributed by atoms with van der Waals surface area (Å²) >= 11 is 0. The fraction of sp³-hybridized carbons (Fsp3) is 0.600. The fourth-order valence-corrected chi connectivity index (χ4v) is 0.926. The fourth-order valence-electron chi connectivity index (χ4n) is 0.926. The second kappa shape index (κ2) is 4.71. The van der Waals surface area contributed by atoms with E-state index in [1.807, 2.05) is 19.9 Å². The van der Waals surface area contributed by atoms with Gasteiger partial charge >= 0.3 is 0 Å². The lowest BCUT2D eigenvalue weighted by Gasteiger charge is -2.03. The van der Waals surface area contributed by atoms with Crippen molar-refractivity contribution in [2.45, 2.75) is 34.1 Å². The number of hydrogen-bond donors (Lipinski definition) is 0. The Hall–Kier alpha value is -1.10. The Bertz CT molecular complexity index is 239. The third-order valence-corrected chi connectivity index (χ3v) is 1.48. The van der Waals surface area contributed by atoms with Gasteiger partial charge in [-0.3, -0.25) is 4.79 Å². The van der Waals surface area contributed by atoms with Crippen LogP contribution in [0.25, 0.3) is 0 Å². The second-order valence-corrected chi connectivity index (χ2v) is 3.51. The van der Waals surface area contributed by atoms with Crippen LogP contribution in [-0.2, 0) is 4.79 Å². The van der Waals surface area contributed by atoms with Gasteiger partial charge in [0.1, 0.15) is 6.07 Å². The van der Waals surface area contributed by atoms with Crippen LogP contribution in [0, 0.1) is 17.2 Å². The summed E-state index contributed by atoms with van der Waals surface area (Å²) in [6.45, 7) is 7.52. The first-order valence-corrected chi connectivity index (χ1v) is 4.09. The first-order chi connectivity index (χ1) is 5.49. The van der Waals surface area contributed by atoms with Crippen LogP contribution in [-0.4, -0.2) is 5.78 Å². The van der Waals surface area contributed by atoms with E-state index >= 15 is 0 Å². The highest BCUT2D eigenvalue weighted by molar-refractivity contribution is 5.99. The maximum absolute atomic E-state index is 11.3. The zero-order chi connectivity index (χ0) is 9.72. The molecule has 0 amide bonds. The monoisotopic (exact) mass is 165 g/mol. The van der Waals surface area contributed by atoms with Crippen LogP contribution in [0.15, 0.2) is 11.1 Å². The Balaban J connectivity index is 4.49. The molecule has 0 atom stereocenters. The van der Waals surface area contributed by atoms with Gasteiger partial charge in [0.15, 0.2) is 5.78 Å². The quantitative estimate of drug-likeness (QED) is 0.476. The lowest BCUT2D eigenvalue weighted by molar-refractivity contribution is -0.115. The van der Waals surface area contributed by atoms with Gasteiger partial charge < -0.3 is 0 Å². The Kier molecular flexibility index (Phi) is 4.28. The van der Waals surface area contributed by atoms with Crippen LogP contribution in [0.4, 0.5) is 0 Å². The van der Waals surface area contributed by atoms with Crippen LogP contribution in [0.2, 0.25) is 0 Å². The third-order valence-electron chi connectivity index (χ3n) is 1.48. The molecule has 0 rings (SSSR count). The van der Waals surface area contributed by atoms with Gasteiger partial charge in [-0.2, -0.15) is 5.26 Å². The minimum Gasteiger partial charge on any atom is -0.293 e. The predicted octanol–water partition coefficient (Wildman–Crippen LogP) is 2.46. The summed E-state index contributed by atoms with van der Waals surface area (Å²) in [5, 5.41) is 8.65. The van der Waals surface area contributed by atoms with E-state index in [-0.39, 0.29) is 5.78 Å². The SMILES string of the molecule is CC(C)=C(C#N)C(=O)CC(C)C. The van der Waals surface area contributed by atoms with Gasteiger partial charge in [-0.15, -0.1) is 0 Å². The Morgan fingerprint density at radius 3 is 2.17 bits per heavy atom. The topological polar surface area (TPSA) is 40.9 Å². The van der Waals surface area contributed by atoms with Crippen molar-refractivity contribution in [1.82, 2.24) is 0 Å². The molecule has 0 aliphatic carbocycles. The van der Waals surface area contributed by atoms with Crippen molar-refractivity contribution in [1.29, 1.82) is 5.26 Å². The molecule has 0 saturated heterocycles. The standard InChI is InChI=1S/C10H15NO/c1-7(2)5-10(12)9(6-11)8(3)4/h7H,5H2,1-4H3. The molecule has 0 saturated carbocycles. The van der Waals surface area contributed by atoms with Gasteiger partial charge in [-0.1, -0.05) is 19.4 Å². The van der Waals surface area contributed by atoms with Gasteiger partial charge in [0.25, 0.3) is 0 Å². The summed E-state index contributed by atoms with van der Waals surface area (Å²) in [6.07, 6.45) is 0.466. The molecule has 0 radical (unpaired) electrons. The average molecular weight is 165 g/mol. The average Bonchev–Trinajstić information content (AvgIpc) is 1.85. The van der Waals surface area contributed by atoms with E-state index in [9.17, 15) is 4.79 Å². The molecule has 0 aromatic carbocycles. The predicted molar refractivity (Wildman–Crippen MR) is 48.4 cm³/mol. The van der Waals surface area contributed by atoms with Crippen LogP contribution in [0.1, 0.15) is 34.1 Å². The highest BCUT2D eigenvalue weighted by Crippen LogP contribution is 2.10. The molecule has 66 valence electrons. The number of ketones is 1. The first kappa shape index (κ1) is 10.9. The van der Waals surface area contributed by atoms with Gasteiger partial charge in [0.2, 0.25) is 0 Å². The van der Waals surface area contributed by atoms with E-state index in [0.29, 0.717) is 17.9 Å². The van der Waals surface area contributed by atoms with Crippen molar-refractivity contribution in [3.8, 4) is 6.07 Å². The van der Waals surface area contributed by atoms with E-state index in [1.165, 1.54) is 0 Å². The van der Waals surface area contributed by atoms with Crippen LogP contribution < -0.4 is 0 Å². The lowest BCUT2D eigenvalue weighted by Crippen LogP contribution is -2.06. The summed E-state index contributed by atoms with van der Waals surface area (Å²) in [5.74, 6) is 0.285. The molecule has 0 spiro atoms. The molecule has 0 fully saturated rings. The van der Waals surface area contributed by atoms with E-state index in [1.54, 1.807) is 13.8 Å². The third kappa shape index (κ3) is 3.34. The van der Waals surface area contributed by atoms with Gasteiger partial charge in [0.05, 0.1) is 5.57 Å². The van der Waals surface area contributed by atoms with Crippen molar-refractivity contribution in [2.75, 3.05) is 0 Å². The highest BCUT2D eigenvalue weighted by atomic mass is 16.1. The Morgan fingerprint density at radius 1 is 1.42 bits per heavy atom. The normalized spacial score (nSPS) is 9.33. The molecule has 0 aromatic rings. The molecule has 0 heterocycles. The van der Waals surface area contributed by atoms with Gasteiger partial charge in [-0.25, -0.2) is 0 Å². The minimum absolute atomic E-state index is 0.0347. The van der Waals surface area contributed by atoms with Crippen molar-refractivity contribution in [2.24, 2.45) is 5.92 Å². The van der Waals surface area contributed by atoms with Crippen molar-refractivity contribution < 1.29 is 4.79 Å². The molecule has 0 aliphatic heterocycles. The molecule has 2 heteroatoms. The van der Waals surface area contributed by atoms with E-state index < -0.39 is 0 Å². The second-order valence-electron chi connectivity index (χ2n) is 3.51. The largest absolute Gasteiger partial charge is 0.293 e. The molecule has 2 nitrogen and oxygen atoms in total. The summed E-state index contributed by atoms with van der Waals surface area (Å²) < 4.78 is 0. The number of carbonyl (C=O) groups excluding carboxylic acids is 1. The summed E-state index contributed by atoms with van der Waals surface area (Å²) in [4.78, 5) is 11.3. The smallest absolute Gasteiger partial charge is 0.173 e. The maximum atomic E-state index is 11.3. The summed E-state index contributed by atoms with van der Waals surface area (Å²) in [6, 6.07) is 1.94. The van der Waals surface area contributed by atoms with Gasteiger partial charge in [0, 0.05) is 6.42 Å². The summed E-state index contributed by atoms with van der Waals surface area (Å²) in [5.41, 5.74) is 1.13. The summed E-state index contributed by atoms with van der Waals surface area (Å²) in [7, 11) is 0. The number of carbonyl (C=O) groups is 1. The van der Waals surface area contributed by atoms with Gasteiger partial charge in [-0.05, 0) is 19.8 Å². The molecule has 0 unspecified atom stereocenters. The molecule has 0 bridgehead atoms. The Labute approximate surface area is 73.9 Å². The van der Waals surface area contributed by atoms with Crippen molar-refractivity contribution in [3.63, 3.8) is 0 Å². The highest BCUT2D eigenvalue weighted by Gasteiger charge is 2.11. The number of nitriles is 1. The number of rotatable bonds is 3. The van der Waals surface area contributed by atoms with Crippen molar-refractivity contribution >= 4 is 5.78 Å². The van der Waals surface area contributed by atoms with E-state index in [0.717, 1.165) is 5.57 Å².